The Bertz CT molecular complexity index is 867. The van der Waals surface area contributed by atoms with Gasteiger partial charge in [-0.25, -0.2) is 4.79 Å². The number of benzene rings is 1. The number of carboxylic acid groups (broad SMARTS) is 1. The maximum absolute atomic E-state index is 10.6. The van der Waals surface area contributed by atoms with E-state index in [4.69, 9.17) is 10.2 Å². The van der Waals surface area contributed by atoms with Crippen LogP contribution >= 0.6 is 0 Å². The van der Waals surface area contributed by atoms with Gasteiger partial charge in [0.1, 0.15) is 0 Å². The van der Waals surface area contributed by atoms with Crippen LogP contribution in [0, 0.1) is 13.8 Å². The number of carbonyl (C=O) groups is 1. The highest BCUT2D eigenvalue weighted by Crippen LogP contribution is 2.32. The van der Waals surface area contributed by atoms with E-state index < -0.39 is 5.97 Å². The minimum absolute atomic E-state index is 0.476. The number of unbranched alkanes of at least 4 members (excludes halogenated alkanes) is 1. The number of aryl methyl sites for hydroxylation is 2. The van der Waals surface area contributed by atoms with Gasteiger partial charge in [0.2, 0.25) is 0 Å². The lowest BCUT2D eigenvalue weighted by Gasteiger charge is -2.25. The average Bonchev–Trinajstić information content (AvgIpc) is 3.29. The molecule has 0 bridgehead atoms. The summed E-state index contributed by atoms with van der Waals surface area (Å²) in [5.74, 6) is -0.894. The molecule has 0 aliphatic carbocycles. The van der Waals surface area contributed by atoms with Crippen LogP contribution < -0.4 is 0 Å². The molecule has 30 heavy (non-hydrogen) atoms. The molecule has 1 N–H and O–H groups in total. The van der Waals surface area contributed by atoms with Gasteiger partial charge in [-0.05, 0) is 69.2 Å². The zero-order valence-corrected chi connectivity index (χ0v) is 18.6. The molecule has 1 aromatic heterocycles. The molecule has 0 radical (unpaired) electrons. The molecule has 3 rings (SSSR count). The molecule has 0 saturated carbocycles. The summed E-state index contributed by atoms with van der Waals surface area (Å²) in [5, 5.41) is 13.5. The van der Waals surface area contributed by atoms with Crippen LogP contribution in [0.25, 0.3) is 0 Å². The van der Waals surface area contributed by atoms with Gasteiger partial charge in [-0.3, -0.25) is 9.58 Å². The monoisotopic (exact) mass is 409 g/mol. The molecule has 2 heterocycles. The van der Waals surface area contributed by atoms with Crippen molar-refractivity contribution in [3.8, 4) is 0 Å². The maximum Gasteiger partial charge on any atom is 0.327 e. The molecule has 0 unspecified atom stereocenters. The van der Waals surface area contributed by atoms with Crippen molar-refractivity contribution in [1.29, 1.82) is 0 Å². The molecule has 0 spiro atoms. The van der Waals surface area contributed by atoms with E-state index in [1.54, 1.807) is 6.08 Å². The Labute approximate surface area is 180 Å². The fourth-order valence-corrected chi connectivity index (χ4v) is 4.52. The van der Waals surface area contributed by atoms with Crippen LogP contribution in [0.4, 0.5) is 0 Å². The Morgan fingerprint density at radius 3 is 2.70 bits per heavy atom. The molecule has 1 aliphatic heterocycles. The van der Waals surface area contributed by atoms with E-state index in [0.717, 1.165) is 31.6 Å². The lowest BCUT2D eigenvalue weighted by Crippen LogP contribution is -2.26. The van der Waals surface area contributed by atoms with E-state index in [0.29, 0.717) is 12.5 Å². The molecule has 162 valence electrons. The van der Waals surface area contributed by atoms with Crippen molar-refractivity contribution in [3.05, 3.63) is 64.5 Å². The van der Waals surface area contributed by atoms with Crippen LogP contribution in [0.5, 0.6) is 0 Å². The fourth-order valence-electron chi connectivity index (χ4n) is 4.52. The van der Waals surface area contributed by atoms with E-state index in [1.165, 1.54) is 54.3 Å². The minimum Gasteiger partial charge on any atom is -0.478 e. The third kappa shape index (κ3) is 5.60. The highest BCUT2D eigenvalue weighted by Gasteiger charge is 2.26. The quantitative estimate of drug-likeness (QED) is 0.569. The normalized spacial score (nSPS) is 17.2. The predicted molar refractivity (Wildman–Crippen MR) is 121 cm³/mol. The summed E-state index contributed by atoms with van der Waals surface area (Å²) in [6.07, 6.45) is 9.42. The van der Waals surface area contributed by atoms with Crippen LogP contribution in [-0.4, -0.2) is 38.8 Å². The van der Waals surface area contributed by atoms with E-state index in [1.807, 2.05) is 0 Å². The molecule has 1 atom stereocenters. The lowest BCUT2D eigenvalue weighted by atomic mass is 10.0. The summed E-state index contributed by atoms with van der Waals surface area (Å²) in [6.45, 7) is 9.81. The minimum atomic E-state index is -0.894. The summed E-state index contributed by atoms with van der Waals surface area (Å²) >= 11 is 0. The number of hydrogen-bond donors (Lipinski definition) is 1. The topological polar surface area (TPSA) is 58.4 Å². The third-order valence-corrected chi connectivity index (χ3v) is 6.25. The first-order chi connectivity index (χ1) is 14.5. The molecule has 1 saturated heterocycles. The third-order valence-electron chi connectivity index (χ3n) is 6.25. The van der Waals surface area contributed by atoms with Gasteiger partial charge in [-0.1, -0.05) is 43.7 Å². The Kier molecular flexibility index (Phi) is 7.86. The van der Waals surface area contributed by atoms with Gasteiger partial charge >= 0.3 is 5.97 Å². The van der Waals surface area contributed by atoms with Gasteiger partial charge in [0.25, 0.3) is 0 Å². The number of nitrogens with zero attached hydrogens (tertiary/aromatic N) is 3. The zero-order chi connectivity index (χ0) is 21.5. The van der Waals surface area contributed by atoms with E-state index in [9.17, 15) is 4.79 Å². The van der Waals surface area contributed by atoms with Crippen molar-refractivity contribution in [2.75, 3.05) is 13.1 Å². The van der Waals surface area contributed by atoms with Crippen LogP contribution in [0.3, 0.4) is 0 Å². The molecule has 1 aromatic carbocycles. The summed E-state index contributed by atoms with van der Waals surface area (Å²) < 4.78 is 2.19. The van der Waals surface area contributed by atoms with Gasteiger partial charge in [-0.15, -0.1) is 0 Å². The number of rotatable bonds is 10. The Morgan fingerprint density at radius 2 is 2.00 bits per heavy atom. The second-order valence-corrected chi connectivity index (χ2v) is 8.36. The molecule has 1 aliphatic rings. The molecular formula is C25H35N3O2. The summed E-state index contributed by atoms with van der Waals surface area (Å²) in [7, 11) is 0. The first kappa shape index (κ1) is 22.3. The molecule has 0 amide bonds. The van der Waals surface area contributed by atoms with Crippen LogP contribution in [0.15, 0.2) is 36.4 Å². The van der Waals surface area contributed by atoms with Crippen molar-refractivity contribution >= 4 is 5.97 Å². The Morgan fingerprint density at radius 1 is 1.23 bits per heavy atom. The van der Waals surface area contributed by atoms with Crippen molar-refractivity contribution in [1.82, 2.24) is 14.7 Å². The summed E-state index contributed by atoms with van der Waals surface area (Å²) in [6, 6.07) is 9.16. The van der Waals surface area contributed by atoms with Crippen LogP contribution in [0.2, 0.25) is 0 Å². The fraction of sp³-hybridized carbons (Fsp3) is 0.520. The number of aromatic nitrogens is 2. The van der Waals surface area contributed by atoms with Crippen LogP contribution in [0.1, 0.15) is 66.7 Å². The summed E-state index contributed by atoms with van der Waals surface area (Å²) in [5.41, 5.74) is 6.43. The lowest BCUT2D eigenvalue weighted by molar-refractivity contribution is -0.131. The number of allylic oxidation sites excluding steroid dienone is 1. The first-order valence-electron chi connectivity index (χ1n) is 11.2. The standard InChI is InChI=1S/C25H35N3O2/c1-4-5-17-28-20(3)23(19(2)26-28)15-18-27-16-7-9-24(27)22-13-11-21(12-14-22)8-6-10-25(29)30/h6,10-14,24H,4-5,7-9,15-18H2,1-3H3,(H,29,30)/b10-6+/t24-/m0/s1. The molecule has 5 heteroatoms. The van der Waals surface area contributed by atoms with Gasteiger partial charge in [0.05, 0.1) is 5.69 Å². The van der Waals surface area contributed by atoms with Crippen molar-refractivity contribution in [2.24, 2.45) is 0 Å². The van der Waals surface area contributed by atoms with Gasteiger partial charge in [0.15, 0.2) is 0 Å². The number of carboxylic acids is 1. The second kappa shape index (κ2) is 10.6. The van der Waals surface area contributed by atoms with Crippen LogP contribution in [-0.2, 0) is 24.2 Å². The van der Waals surface area contributed by atoms with Crippen molar-refractivity contribution in [3.63, 3.8) is 0 Å². The predicted octanol–water partition coefficient (Wildman–Crippen LogP) is 4.86. The van der Waals surface area contributed by atoms with E-state index in [2.05, 4.69) is 54.6 Å². The van der Waals surface area contributed by atoms with Gasteiger partial charge in [-0.2, -0.15) is 5.10 Å². The number of aliphatic carboxylic acids is 1. The Balaban J connectivity index is 1.61. The van der Waals surface area contributed by atoms with Gasteiger partial charge < -0.3 is 5.11 Å². The smallest absolute Gasteiger partial charge is 0.327 e. The average molecular weight is 410 g/mol. The number of hydrogen-bond acceptors (Lipinski definition) is 3. The molecule has 5 nitrogen and oxygen atoms in total. The van der Waals surface area contributed by atoms with Crippen molar-refractivity contribution < 1.29 is 9.90 Å². The Hall–Kier alpha value is -2.40. The highest BCUT2D eigenvalue weighted by molar-refractivity contribution is 5.79. The summed E-state index contributed by atoms with van der Waals surface area (Å²) in [4.78, 5) is 13.2. The molecule has 2 aromatic rings. The molecule has 1 fully saturated rings. The molecular weight excluding hydrogens is 374 g/mol. The number of likely N-dealkylation sites (tertiary alicyclic amines) is 1. The SMILES string of the molecule is CCCCn1nc(C)c(CCN2CCC[C@H]2c2ccc(C/C=C/C(=O)O)cc2)c1C. The van der Waals surface area contributed by atoms with E-state index in [-0.39, 0.29) is 0 Å². The van der Waals surface area contributed by atoms with Crippen molar-refractivity contribution in [2.45, 2.75) is 71.9 Å². The maximum atomic E-state index is 10.6. The first-order valence-corrected chi connectivity index (χ1v) is 11.2. The second-order valence-electron chi connectivity index (χ2n) is 8.36. The highest BCUT2D eigenvalue weighted by atomic mass is 16.4. The zero-order valence-electron chi connectivity index (χ0n) is 18.6. The van der Waals surface area contributed by atoms with E-state index >= 15 is 0 Å². The largest absolute Gasteiger partial charge is 0.478 e. The van der Waals surface area contributed by atoms with Gasteiger partial charge in [0, 0.05) is 30.9 Å².